The van der Waals surface area contributed by atoms with Gasteiger partial charge in [-0.2, -0.15) is 13.2 Å². The van der Waals surface area contributed by atoms with Crippen molar-refractivity contribution >= 4 is 6.41 Å². The fourth-order valence-electron chi connectivity index (χ4n) is 1.88. The van der Waals surface area contributed by atoms with Crippen LogP contribution in [-0.2, 0) is 16.5 Å². The summed E-state index contributed by atoms with van der Waals surface area (Å²) in [5.41, 5.74) is -1.30. The highest BCUT2D eigenvalue weighted by Crippen LogP contribution is 2.49. The van der Waals surface area contributed by atoms with E-state index < -0.39 is 17.3 Å². The van der Waals surface area contributed by atoms with E-state index in [0.717, 1.165) is 6.07 Å². The zero-order chi connectivity index (χ0) is 11.8. The number of amides is 1. The number of benzene rings is 1. The van der Waals surface area contributed by atoms with E-state index in [4.69, 9.17) is 0 Å². The van der Waals surface area contributed by atoms with Gasteiger partial charge in [0, 0.05) is 0 Å². The van der Waals surface area contributed by atoms with E-state index in [9.17, 15) is 18.0 Å². The molecule has 1 fully saturated rings. The van der Waals surface area contributed by atoms with Gasteiger partial charge in [0.1, 0.15) is 0 Å². The molecule has 2 rings (SSSR count). The number of nitrogens with one attached hydrogen (secondary N) is 1. The molecule has 0 radical (unpaired) electrons. The molecule has 5 heteroatoms. The quantitative estimate of drug-likeness (QED) is 0.792. The smallest absolute Gasteiger partial charge is 0.349 e. The standard InChI is InChI=1S/C11H10F3NO/c12-11(13,14)9-4-2-1-3-8(9)10(5-6-10)15-7-16/h1-4,7H,5-6H2,(H,15,16). The van der Waals surface area contributed by atoms with Crippen LogP contribution in [0.5, 0.6) is 0 Å². The maximum atomic E-state index is 12.7. The molecule has 1 N–H and O–H groups in total. The number of carbonyl (C=O) groups excluding carboxylic acids is 1. The number of carbonyl (C=O) groups is 1. The third-order valence-electron chi connectivity index (χ3n) is 2.83. The Morgan fingerprint density at radius 2 is 1.88 bits per heavy atom. The Hall–Kier alpha value is -1.52. The molecule has 0 bridgehead atoms. The minimum absolute atomic E-state index is 0.162. The van der Waals surface area contributed by atoms with Gasteiger partial charge in [0.05, 0.1) is 11.1 Å². The van der Waals surface area contributed by atoms with Gasteiger partial charge in [-0.25, -0.2) is 0 Å². The summed E-state index contributed by atoms with van der Waals surface area (Å²) in [7, 11) is 0. The van der Waals surface area contributed by atoms with Gasteiger partial charge in [0.15, 0.2) is 0 Å². The van der Waals surface area contributed by atoms with E-state index in [2.05, 4.69) is 5.32 Å². The first-order valence-electron chi connectivity index (χ1n) is 4.88. The van der Waals surface area contributed by atoms with Gasteiger partial charge in [0.2, 0.25) is 6.41 Å². The Balaban J connectivity index is 2.45. The molecule has 1 amide bonds. The highest BCUT2D eigenvalue weighted by molar-refractivity contribution is 5.53. The minimum atomic E-state index is -4.38. The molecule has 1 aromatic rings. The van der Waals surface area contributed by atoms with E-state index in [1.807, 2.05) is 0 Å². The van der Waals surface area contributed by atoms with Gasteiger partial charge >= 0.3 is 6.18 Å². The van der Waals surface area contributed by atoms with Crippen LogP contribution in [0.2, 0.25) is 0 Å². The summed E-state index contributed by atoms with van der Waals surface area (Å²) in [6, 6.07) is 5.37. The molecule has 2 nitrogen and oxygen atoms in total. The topological polar surface area (TPSA) is 29.1 Å². The zero-order valence-corrected chi connectivity index (χ0v) is 8.34. The molecular formula is C11H10F3NO. The van der Waals surface area contributed by atoms with Gasteiger partial charge < -0.3 is 5.32 Å². The molecule has 0 heterocycles. The van der Waals surface area contributed by atoms with Crippen molar-refractivity contribution in [1.82, 2.24) is 5.32 Å². The predicted octanol–water partition coefficient (Wildman–Crippen LogP) is 2.44. The van der Waals surface area contributed by atoms with Crippen molar-refractivity contribution in [2.45, 2.75) is 24.6 Å². The van der Waals surface area contributed by atoms with Crippen LogP contribution in [0.1, 0.15) is 24.0 Å². The average molecular weight is 229 g/mol. The number of rotatable bonds is 3. The summed E-state index contributed by atoms with van der Waals surface area (Å²) < 4.78 is 38.2. The maximum Gasteiger partial charge on any atom is 0.416 e. The molecule has 1 saturated carbocycles. The summed E-state index contributed by atoms with van der Waals surface area (Å²) in [5, 5.41) is 2.48. The van der Waals surface area contributed by atoms with E-state index >= 15 is 0 Å². The molecular weight excluding hydrogens is 219 g/mol. The lowest BCUT2D eigenvalue weighted by Crippen LogP contribution is -2.30. The summed E-state index contributed by atoms with van der Waals surface area (Å²) in [5.74, 6) is 0. The van der Waals surface area contributed by atoms with Crippen LogP contribution < -0.4 is 5.32 Å². The molecule has 0 saturated heterocycles. The van der Waals surface area contributed by atoms with Crippen molar-refractivity contribution in [3.8, 4) is 0 Å². The summed E-state index contributed by atoms with van der Waals surface area (Å²) in [4.78, 5) is 10.4. The highest BCUT2D eigenvalue weighted by Gasteiger charge is 2.49. The molecule has 1 aliphatic rings. The first-order chi connectivity index (χ1) is 7.49. The van der Waals surface area contributed by atoms with Crippen molar-refractivity contribution in [2.75, 3.05) is 0 Å². The Kier molecular flexibility index (Phi) is 2.40. The van der Waals surface area contributed by atoms with Gasteiger partial charge in [-0.05, 0) is 24.5 Å². The Morgan fingerprint density at radius 1 is 1.25 bits per heavy atom. The molecule has 1 aromatic carbocycles. The van der Waals surface area contributed by atoms with E-state index in [0.29, 0.717) is 19.3 Å². The number of alkyl halides is 3. The molecule has 0 aromatic heterocycles. The Labute approximate surface area is 90.5 Å². The van der Waals surface area contributed by atoms with E-state index in [-0.39, 0.29) is 5.56 Å². The fourth-order valence-corrected chi connectivity index (χ4v) is 1.88. The van der Waals surface area contributed by atoms with Crippen LogP contribution in [0.4, 0.5) is 13.2 Å². The average Bonchev–Trinajstić information content (AvgIpc) is 2.98. The first kappa shape index (κ1) is 11.0. The van der Waals surface area contributed by atoms with Crippen LogP contribution in [-0.4, -0.2) is 6.41 Å². The Morgan fingerprint density at radius 3 is 2.38 bits per heavy atom. The first-order valence-corrected chi connectivity index (χ1v) is 4.88. The van der Waals surface area contributed by atoms with Crippen molar-refractivity contribution in [1.29, 1.82) is 0 Å². The van der Waals surface area contributed by atoms with Crippen molar-refractivity contribution in [3.05, 3.63) is 35.4 Å². The molecule has 0 aliphatic heterocycles. The van der Waals surface area contributed by atoms with Crippen LogP contribution >= 0.6 is 0 Å². The predicted molar refractivity (Wildman–Crippen MR) is 51.6 cm³/mol. The normalized spacial score (nSPS) is 17.9. The minimum Gasteiger partial charge on any atom is -0.349 e. The number of halogens is 3. The zero-order valence-electron chi connectivity index (χ0n) is 8.34. The fraction of sp³-hybridized carbons (Fsp3) is 0.364. The second kappa shape index (κ2) is 3.50. The lowest BCUT2D eigenvalue weighted by Gasteiger charge is -2.20. The van der Waals surface area contributed by atoms with Crippen molar-refractivity contribution in [3.63, 3.8) is 0 Å². The van der Waals surface area contributed by atoms with Gasteiger partial charge in [-0.15, -0.1) is 0 Å². The van der Waals surface area contributed by atoms with Crippen LogP contribution in [0.25, 0.3) is 0 Å². The number of hydrogen-bond donors (Lipinski definition) is 1. The van der Waals surface area contributed by atoms with Crippen molar-refractivity contribution < 1.29 is 18.0 Å². The highest BCUT2D eigenvalue weighted by atomic mass is 19.4. The van der Waals surface area contributed by atoms with E-state index in [1.165, 1.54) is 12.1 Å². The van der Waals surface area contributed by atoms with Crippen LogP contribution in [0, 0.1) is 0 Å². The van der Waals surface area contributed by atoms with E-state index in [1.54, 1.807) is 6.07 Å². The summed E-state index contributed by atoms with van der Waals surface area (Å²) in [6.45, 7) is 0. The lowest BCUT2D eigenvalue weighted by atomic mass is 9.98. The maximum absolute atomic E-state index is 12.7. The Bertz CT molecular complexity index is 410. The third kappa shape index (κ3) is 1.77. The molecule has 0 atom stereocenters. The summed E-state index contributed by atoms with van der Waals surface area (Å²) in [6.07, 6.45) is -2.81. The van der Waals surface area contributed by atoms with Crippen LogP contribution in [0.15, 0.2) is 24.3 Å². The largest absolute Gasteiger partial charge is 0.416 e. The molecule has 0 unspecified atom stereocenters. The van der Waals surface area contributed by atoms with Gasteiger partial charge in [-0.1, -0.05) is 18.2 Å². The SMILES string of the molecule is O=CNC1(c2ccccc2C(F)(F)F)CC1. The second-order valence-corrected chi connectivity index (χ2v) is 3.89. The lowest BCUT2D eigenvalue weighted by molar-refractivity contribution is -0.138. The molecule has 1 aliphatic carbocycles. The third-order valence-corrected chi connectivity index (χ3v) is 2.83. The second-order valence-electron chi connectivity index (χ2n) is 3.89. The monoisotopic (exact) mass is 229 g/mol. The van der Waals surface area contributed by atoms with Gasteiger partial charge in [0.25, 0.3) is 0 Å². The summed E-state index contributed by atoms with van der Waals surface area (Å²) >= 11 is 0. The van der Waals surface area contributed by atoms with Crippen LogP contribution in [0.3, 0.4) is 0 Å². The molecule has 86 valence electrons. The molecule has 0 spiro atoms. The van der Waals surface area contributed by atoms with Gasteiger partial charge in [-0.3, -0.25) is 4.79 Å². The van der Waals surface area contributed by atoms with Crippen molar-refractivity contribution in [2.24, 2.45) is 0 Å². The molecule has 16 heavy (non-hydrogen) atoms. The number of hydrogen-bond acceptors (Lipinski definition) is 1.